The lowest BCUT2D eigenvalue weighted by molar-refractivity contribution is 0.150. The molecule has 1 aromatic carbocycles. The van der Waals surface area contributed by atoms with Gasteiger partial charge in [-0.3, -0.25) is 0 Å². The summed E-state index contributed by atoms with van der Waals surface area (Å²) in [6, 6.07) is 8.57. The molecule has 0 bridgehead atoms. The van der Waals surface area contributed by atoms with Crippen molar-refractivity contribution in [2.24, 2.45) is 5.92 Å². The molecule has 2 nitrogen and oxygen atoms in total. The van der Waals surface area contributed by atoms with Gasteiger partial charge in [-0.2, -0.15) is 0 Å². The summed E-state index contributed by atoms with van der Waals surface area (Å²) in [6.45, 7) is 9.96. The molecule has 1 fully saturated rings. The molecule has 0 spiro atoms. The summed E-state index contributed by atoms with van der Waals surface area (Å²) in [5, 5.41) is 0. The molecule has 1 heterocycles. The van der Waals surface area contributed by atoms with Crippen LogP contribution in [0.5, 0.6) is 5.75 Å². The summed E-state index contributed by atoms with van der Waals surface area (Å²) in [5.41, 5.74) is 1.57. The molecule has 106 valence electrons. The van der Waals surface area contributed by atoms with Gasteiger partial charge < -0.3 is 9.64 Å². The number of rotatable bonds is 3. The zero-order valence-electron chi connectivity index (χ0n) is 12.8. The van der Waals surface area contributed by atoms with Crippen LogP contribution in [0.15, 0.2) is 24.3 Å². The van der Waals surface area contributed by atoms with Crippen LogP contribution < -0.4 is 4.74 Å². The summed E-state index contributed by atoms with van der Waals surface area (Å²) in [4.78, 5) is 2.40. The lowest BCUT2D eigenvalue weighted by atomic mass is 9.87. The molecule has 1 aliphatic rings. The first kappa shape index (κ1) is 14.4. The van der Waals surface area contributed by atoms with Crippen molar-refractivity contribution in [1.29, 1.82) is 0 Å². The predicted octanol–water partition coefficient (Wildman–Crippen LogP) is 3.70. The molecule has 0 aliphatic carbocycles. The second kappa shape index (κ2) is 5.96. The first-order valence-electron chi connectivity index (χ1n) is 7.37. The molecule has 1 atom stereocenters. The van der Waals surface area contributed by atoms with E-state index in [1.54, 1.807) is 0 Å². The van der Waals surface area contributed by atoms with Gasteiger partial charge in [0.25, 0.3) is 0 Å². The Morgan fingerprint density at radius 3 is 2.47 bits per heavy atom. The predicted molar refractivity (Wildman–Crippen MR) is 80.9 cm³/mol. The molecule has 2 rings (SSSR count). The van der Waals surface area contributed by atoms with E-state index in [-0.39, 0.29) is 5.41 Å². The summed E-state index contributed by atoms with van der Waals surface area (Å²) in [5.74, 6) is 1.68. The number of likely N-dealkylation sites (tertiary alicyclic amines) is 1. The number of benzene rings is 1. The minimum Gasteiger partial charge on any atom is -0.493 e. The van der Waals surface area contributed by atoms with Gasteiger partial charge in [0.2, 0.25) is 0 Å². The topological polar surface area (TPSA) is 12.5 Å². The van der Waals surface area contributed by atoms with Gasteiger partial charge >= 0.3 is 0 Å². The quantitative estimate of drug-likeness (QED) is 0.822. The van der Waals surface area contributed by atoms with Crippen molar-refractivity contribution in [3.05, 3.63) is 29.8 Å². The third-order valence-corrected chi connectivity index (χ3v) is 3.93. The van der Waals surface area contributed by atoms with E-state index in [1.807, 2.05) is 0 Å². The van der Waals surface area contributed by atoms with Crippen LogP contribution in [0.3, 0.4) is 0 Å². The maximum atomic E-state index is 5.93. The molecule has 2 heteroatoms. The highest BCUT2D eigenvalue weighted by atomic mass is 16.5. The van der Waals surface area contributed by atoms with Crippen molar-refractivity contribution in [1.82, 2.24) is 4.90 Å². The average molecular weight is 261 g/mol. The van der Waals surface area contributed by atoms with Crippen molar-refractivity contribution in [2.75, 3.05) is 26.7 Å². The minimum atomic E-state index is 0.213. The number of hydrogen-bond donors (Lipinski definition) is 0. The molecule has 0 amide bonds. The van der Waals surface area contributed by atoms with Crippen LogP contribution in [0, 0.1) is 5.92 Å². The van der Waals surface area contributed by atoms with E-state index < -0.39 is 0 Å². The Morgan fingerprint density at radius 2 is 1.89 bits per heavy atom. The first-order valence-corrected chi connectivity index (χ1v) is 7.37. The molecular formula is C17H27NO. The molecule has 0 saturated carbocycles. The van der Waals surface area contributed by atoms with Gasteiger partial charge in [0, 0.05) is 12.5 Å². The Balaban J connectivity index is 1.86. The monoisotopic (exact) mass is 261 g/mol. The standard InChI is InChI=1S/C17H27NO/c1-17(2,3)15-7-9-16(10-8-15)19-13-14-6-5-11-18(4)12-14/h7-10,14H,5-6,11-13H2,1-4H3. The van der Waals surface area contributed by atoms with Gasteiger partial charge in [-0.15, -0.1) is 0 Å². The molecule has 1 aromatic rings. The largest absolute Gasteiger partial charge is 0.493 e. The van der Waals surface area contributed by atoms with Crippen LogP contribution in [-0.2, 0) is 5.41 Å². The molecule has 0 radical (unpaired) electrons. The third kappa shape index (κ3) is 4.24. The Kier molecular flexibility index (Phi) is 4.51. The Labute approximate surface area is 117 Å². The smallest absolute Gasteiger partial charge is 0.119 e. The highest BCUT2D eigenvalue weighted by Crippen LogP contribution is 2.25. The fourth-order valence-electron chi connectivity index (χ4n) is 2.67. The lowest BCUT2D eigenvalue weighted by Gasteiger charge is -2.29. The van der Waals surface area contributed by atoms with Crippen LogP contribution >= 0.6 is 0 Å². The van der Waals surface area contributed by atoms with E-state index in [2.05, 4.69) is 57.0 Å². The second-order valence-electron chi connectivity index (χ2n) is 6.86. The highest BCUT2D eigenvalue weighted by molar-refractivity contribution is 5.31. The van der Waals surface area contributed by atoms with Crippen molar-refractivity contribution in [3.63, 3.8) is 0 Å². The van der Waals surface area contributed by atoms with E-state index in [0.717, 1.165) is 12.4 Å². The van der Waals surface area contributed by atoms with Crippen molar-refractivity contribution in [2.45, 2.75) is 39.0 Å². The number of hydrogen-bond acceptors (Lipinski definition) is 2. The van der Waals surface area contributed by atoms with E-state index >= 15 is 0 Å². The molecule has 0 aromatic heterocycles. The Morgan fingerprint density at radius 1 is 1.21 bits per heavy atom. The van der Waals surface area contributed by atoms with E-state index in [9.17, 15) is 0 Å². The Bertz CT molecular complexity index is 391. The molecule has 1 saturated heterocycles. The molecule has 1 unspecified atom stereocenters. The number of piperidine rings is 1. The van der Waals surface area contributed by atoms with Gasteiger partial charge in [0.05, 0.1) is 6.61 Å². The number of nitrogens with zero attached hydrogens (tertiary/aromatic N) is 1. The van der Waals surface area contributed by atoms with Crippen LogP contribution in [0.2, 0.25) is 0 Å². The van der Waals surface area contributed by atoms with Crippen molar-refractivity contribution < 1.29 is 4.74 Å². The van der Waals surface area contributed by atoms with Gasteiger partial charge in [0.1, 0.15) is 5.75 Å². The third-order valence-electron chi connectivity index (χ3n) is 3.93. The minimum absolute atomic E-state index is 0.213. The zero-order chi connectivity index (χ0) is 13.9. The van der Waals surface area contributed by atoms with Crippen molar-refractivity contribution >= 4 is 0 Å². The molecular weight excluding hydrogens is 234 g/mol. The molecule has 19 heavy (non-hydrogen) atoms. The van der Waals surface area contributed by atoms with E-state index in [4.69, 9.17) is 4.74 Å². The van der Waals surface area contributed by atoms with Crippen LogP contribution in [0.25, 0.3) is 0 Å². The maximum absolute atomic E-state index is 5.93. The van der Waals surface area contributed by atoms with Crippen molar-refractivity contribution in [3.8, 4) is 5.75 Å². The average Bonchev–Trinajstić information content (AvgIpc) is 2.36. The summed E-state index contributed by atoms with van der Waals surface area (Å²) in [6.07, 6.45) is 2.60. The van der Waals surface area contributed by atoms with Crippen LogP contribution in [0.1, 0.15) is 39.2 Å². The molecule has 0 N–H and O–H groups in total. The van der Waals surface area contributed by atoms with Gasteiger partial charge in [0.15, 0.2) is 0 Å². The fraction of sp³-hybridized carbons (Fsp3) is 0.647. The zero-order valence-corrected chi connectivity index (χ0v) is 12.8. The van der Waals surface area contributed by atoms with E-state index in [1.165, 1.54) is 31.5 Å². The van der Waals surface area contributed by atoms with E-state index in [0.29, 0.717) is 5.92 Å². The van der Waals surface area contributed by atoms with Gasteiger partial charge in [-0.05, 0) is 49.5 Å². The lowest BCUT2D eigenvalue weighted by Crippen LogP contribution is -2.34. The Hall–Kier alpha value is -1.02. The number of ether oxygens (including phenoxy) is 1. The van der Waals surface area contributed by atoms with Gasteiger partial charge in [-0.25, -0.2) is 0 Å². The first-order chi connectivity index (χ1) is 8.95. The highest BCUT2D eigenvalue weighted by Gasteiger charge is 2.18. The SMILES string of the molecule is CN1CCCC(COc2ccc(C(C)(C)C)cc2)C1. The summed E-state index contributed by atoms with van der Waals surface area (Å²) < 4.78 is 5.93. The van der Waals surface area contributed by atoms with Crippen LogP contribution in [0.4, 0.5) is 0 Å². The second-order valence-corrected chi connectivity index (χ2v) is 6.86. The fourth-order valence-corrected chi connectivity index (χ4v) is 2.67. The summed E-state index contributed by atoms with van der Waals surface area (Å²) in [7, 11) is 2.20. The maximum Gasteiger partial charge on any atom is 0.119 e. The summed E-state index contributed by atoms with van der Waals surface area (Å²) >= 11 is 0. The van der Waals surface area contributed by atoms with Gasteiger partial charge in [-0.1, -0.05) is 32.9 Å². The molecule has 1 aliphatic heterocycles. The van der Waals surface area contributed by atoms with Crippen LogP contribution in [-0.4, -0.2) is 31.6 Å². The normalized spacial score (nSPS) is 21.4.